The number of carbonyl (C=O) groups is 3. The summed E-state index contributed by atoms with van der Waals surface area (Å²) in [6.07, 6.45) is 6.79. The summed E-state index contributed by atoms with van der Waals surface area (Å²) in [6.45, 7) is 4.73. The van der Waals surface area contributed by atoms with Crippen LogP contribution in [0.4, 0.5) is 4.79 Å². The molecule has 0 aromatic rings. The molecule has 0 aromatic carbocycles. The SMILES string of the molecule is CC1CCC2(CC1)NC(=O)N(NC(=O)CN1CCN(S(=O)(=O)N3CCCCCC3)CC1)C2=O. The molecule has 4 aliphatic rings. The first kappa shape index (κ1) is 24.4. The molecule has 0 atom stereocenters. The lowest BCUT2D eigenvalue weighted by Crippen LogP contribution is -2.56. The number of rotatable bonds is 5. The second-order valence-electron chi connectivity index (χ2n) is 9.87. The quantitative estimate of drug-likeness (QED) is 0.540. The van der Waals surface area contributed by atoms with E-state index in [4.69, 9.17) is 0 Å². The van der Waals surface area contributed by atoms with E-state index in [1.807, 2.05) is 4.90 Å². The van der Waals surface area contributed by atoms with Crippen LogP contribution >= 0.6 is 0 Å². The number of carbonyl (C=O) groups excluding carboxylic acids is 3. The molecule has 1 spiro atoms. The van der Waals surface area contributed by atoms with Crippen molar-refractivity contribution < 1.29 is 22.8 Å². The molecule has 3 heterocycles. The molecule has 2 N–H and O–H groups in total. The third-order valence-electron chi connectivity index (χ3n) is 7.44. The predicted octanol–water partition coefficient (Wildman–Crippen LogP) is 0.257. The zero-order valence-electron chi connectivity index (χ0n) is 19.4. The van der Waals surface area contributed by atoms with Crippen molar-refractivity contribution in [1.82, 2.24) is 29.3 Å². The summed E-state index contributed by atoms with van der Waals surface area (Å²) in [5.41, 5.74) is 1.56. The van der Waals surface area contributed by atoms with E-state index in [1.54, 1.807) is 4.31 Å². The standard InChI is InChI=1S/C21H36N6O5S/c1-17-6-8-21(9-7-17)19(29)27(20(30)22-21)23-18(28)16-24-12-14-26(15-13-24)33(31,32)25-10-4-2-3-5-11-25/h17H,2-16H2,1H3,(H,22,30)(H,23,28). The van der Waals surface area contributed by atoms with Gasteiger partial charge in [-0.1, -0.05) is 19.8 Å². The van der Waals surface area contributed by atoms with E-state index in [0.29, 0.717) is 58.0 Å². The van der Waals surface area contributed by atoms with Gasteiger partial charge in [0.2, 0.25) is 0 Å². The largest absolute Gasteiger partial charge is 0.344 e. The van der Waals surface area contributed by atoms with Crippen molar-refractivity contribution in [3.63, 3.8) is 0 Å². The molecule has 186 valence electrons. The van der Waals surface area contributed by atoms with Gasteiger partial charge in [-0.15, -0.1) is 0 Å². The highest BCUT2D eigenvalue weighted by Gasteiger charge is 2.53. The molecule has 1 saturated carbocycles. The Morgan fingerprint density at radius 3 is 2.15 bits per heavy atom. The number of urea groups is 1. The Bertz CT molecular complexity index is 856. The van der Waals surface area contributed by atoms with Gasteiger partial charge in [-0.25, -0.2) is 4.79 Å². The number of piperazine rings is 1. The summed E-state index contributed by atoms with van der Waals surface area (Å²) in [4.78, 5) is 39.7. The summed E-state index contributed by atoms with van der Waals surface area (Å²) >= 11 is 0. The molecule has 4 fully saturated rings. The van der Waals surface area contributed by atoms with E-state index >= 15 is 0 Å². The van der Waals surface area contributed by atoms with E-state index in [1.165, 1.54) is 4.31 Å². The Morgan fingerprint density at radius 1 is 0.970 bits per heavy atom. The lowest BCUT2D eigenvalue weighted by molar-refractivity contribution is -0.140. The van der Waals surface area contributed by atoms with Crippen LogP contribution in [0.2, 0.25) is 0 Å². The Balaban J connectivity index is 1.26. The number of nitrogens with zero attached hydrogens (tertiary/aromatic N) is 4. The van der Waals surface area contributed by atoms with E-state index in [2.05, 4.69) is 17.7 Å². The molecule has 3 saturated heterocycles. The van der Waals surface area contributed by atoms with Gasteiger partial charge in [0.05, 0.1) is 6.54 Å². The fraction of sp³-hybridized carbons (Fsp3) is 0.857. The van der Waals surface area contributed by atoms with Crippen LogP contribution in [0, 0.1) is 5.92 Å². The lowest BCUT2D eigenvalue weighted by atomic mass is 9.77. The maximum Gasteiger partial charge on any atom is 0.344 e. The smallest absolute Gasteiger partial charge is 0.322 e. The van der Waals surface area contributed by atoms with Crippen LogP contribution in [0.5, 0.6) is 0 Å². The van der Waals surface area contributed by atoms with Crippen LogP contribution in [0.1, 0.15) is 58.3 Å². The van der Waals surface area contributed by atoms with Crippen LogP contribution in [-0.4, -0.2) is 96.1 Å². The summed E-state index contributed by atoms with van der Waals surface area (Å²) in [6, 6.07) is -0.587. The highest BCUT2D eigenvalue weighted by Crippen LogP contribution is 2.35. The van der Waals surface area contributed by atoms with Gasteiger partial charge in [0.1, 0.15) is 5.54 Å². The molecule has 1 aliphatic carbocycles. The van der Waals surface area contributed by atoms with Gasteiger partial charge in [0, 0.05) is 39.3 Å². The first-order valence-corrected chi connectivity index (χ1v) is 13.5. The molecular formula is C21H36N6O5S. The van der Waals surface area contributed by atoms with E-state index in [0.717, 1.165) is 43.5 Å². The van der Waals surface area contributed by atoms with Crippen LogP contribution in [0.3, 0.4) is 0 Å². The number of imide groups is 1. The molecule has 3 aliphatic heterocycles. The summed E-state index contributed by atoms with van der Waals surface area (Å²) < 4.78 is 29.0. The molecule has 11 nitrogen and oxygen atoms in total. The number of hydrogen-bond donors (Lipinski definition) is 2. The fourth-order valence-electron chi connectivity index (χ4n) is 5.23. The monoisotopic (exact) mass is 484 g/mol. The van der Waals surface area contributed by atoms with Crippen molar-refractivity contribution in [3.05, 3.63) is 0 Å². The summed E-state index contributed by atoms with van der Waals surface area (Å²) in [7, 11) is -3.48. The Hall–Kier alpha value is -1.76. The highest BCUT2D eigenvalue weighted by molar-refractivity contribution is 7.86. The van der Waals surface area contributed by atoms with Gasteiger partial charge in [-0.3, -0.25) is 19.9 Å². The molecule has 0 aromatic heterocycles. The second kappa shape index (κ2) is 9.85. The number of hydrogen-bond acceptors (Lipinski definition) is 6. The van der Waals surface area contributed by atoms with E-state index in [-0.39, 0.29) is 12.5 Å². The van der Waals surface area contributed by atoms with Gasteiger partial charge in [-0.05, 0) is 44.4 Å². The normalized spacial score (nSPS) is 30.9. The van der Waals surface area contributed by atoms with Crippen molar-refractivity contribution in [2.24, 2.45) is 5.92 Å². The van der Waals surface area contributed by atoms with E-state index < -0.39 is 27.7 Å². The van der Waals surface area contributed by atoms with Gasteiger partial charge in [0.25, 0.3) is 22.0 Å². The average Bonchev–Trinajstić information content (AvgIpc) is 2.99. The highest BCUT2D eigenvalue weighted by atomic mass is 32.2. The Labute approximate surface area is 196 Å². The lowest BCUT2D eigenvalue weighted by Gasteiger charge is -2.36. The molecule has 0 bridgehead atoms. The van der Waals surface area contributed by atoms with Crippen molar-refractivity contribution in [1.29, 1.82) is 0 Å². The van der Waals surface area contributed by atoms with E-state index in [9.17, 15) is 22.8 Å². The van der Waals surface area contributed by atoms with Crippen molar-refractivity contribution in [2.75, 3.05) is 45.8 Å². The molecule has 12 heteroatoms. The third-order valence-corrected chi connectivity index (χ3v) is 9.48. The van der Waals surface area contributed by atoms with Crippen molar-refractivity contribution in [2.45, 2.75) is 63.8 Å². The number of nitrogens with one attached hydrogen (secondary N) is 2. The maximum absolute atomic E-state index is 13.0. The van der Waals surface area contributed by atoms with Gasteiger partial charge in [-0.2, -0.15) is 22.0 Å². The predicted molar refractivity (Wildman–Crippen MR) is 121 cm³/mol. The maximum atomic E-state index is 13.0. The van der Waals surface area contributed by atoms with Gasteiger partial charge >= 0.3 is 6.03 Å². The number of hydrazine groups is 1. The molecule has 33 heavy (non-hydrogen) atoms. The minimum absolute atomic E-state index is 0.00129. The van der Waals surface area contributed by atoms with Crippen LogP contribution < -0.4 is 10.7 Å². The third kappa shape index (κ3) is 5.18. The van der Waals surface area contributed by atoms with Crippen LogP contribution in [0.15, 0.2) is 0 Å². The molecule has 0 radical (unpaired) electrons. The van der Waals surface area contributed by atoms with Crippen LogP contribution in [-0.2, 0) is 19.8 Å². The zero-order valence-corrected chi connectivity index (χ0v) is 20.2. The second-order valence-corrected chi connectivity index (χ2v) is 11.8. The Kier molecular flexibility index (Phi) is 7.27. The van der Waals surface area contributed by atoms with Crippen molar-refractivity contribution >= 4 is 28.1 Å². The topological polar surface area (TPSA) is 122 Å². The zero-order chi connectivity index (χ0) is 23.6. The first-order valence-electron chi connectivity index (χ1n) is 12.1. The first-order chi connectivity index (χ1) is 15.7. The minimum Gasteiger partial charge on any atom is -0.322 e. The molecule has 0 unspecified atom stereocenters. The fourth-order valence-corrected chi connectivity index (χ4v) is 6.90. The van der Waals surface area contributed by atoms with Gasteiger partial charge < -0.3 is 5.32 Å². The minimum atomic E-state index is -3.48. The molecular weight excluding hydrogens is 448 g/mol. The summed E-state index contributed by atoms with van der Waals surface area (Å²) in [5, 5.41) is 3.61. The molecule has 4 rings (SSSR count). The van der Waals surface area contributed by atoms with Crippen molar-refractivity contribution in [3.8, 4) is 0 Å². The molecule has 4 amide bonds. The number of amides is 4. The summed E-state index contributed by atoms with van der Waals surface area (Å²) in [5.74, 6) is -0.324. The average molecular weight is 485 g/mol. The van der Waals surface area contributed by atoms with Crippen LogP contribution in [0.25, 0.3) is 0 Å². The Morgan fingerprint density at radius 2 is 1.55 bits per heavy atom. The van der Waals surface area contributed by atoms with Gasteiger partial charge in [0.15, 0.2) is 0 Å².